The maximum absolute atomic E-state index is 13.2. The van der Waals surface area contributed by atoms with Gasteiger partial charge in [0.2, 0.25) is 5.91 Å². The summed E-state index contributed by atoms with van der Waals surface area (Å²) in [6.07, 6.45) is 0.327. The molecule has 0 N–H and O–H groups in total. The molecule has 1 heterocycles. The van der Waals surface area contributed by atoms with E-state index >= 15 is 0 Å². The normalized spacial score (nSPS) is 14.4. The fraction of sp³-hybridized carbons (Fsp3) is 0.188. The van der Waals surface area contributed by atoms with E-state index in [1.165, 1.54) is 12.1 Å². The summed E-state index contributed by atoms with van der Waals surface area (Å²) < 4.78 is 19.4. The molecule has 0 bridgehead atoms. The number of amides is 1. The smallest absolute Gasteiger partial charge is 0.230 e. The summed E-state index contributed by atoms with van der Waals surface area (Å²) in [6, 6.07) is 11.9. The number of nitrogens with zero attached hydrogens (tertiary/aromatic N) is 1. The third-order valence-electron chi connectivity index (χ3n) is 3.37. The summed E-state index contributed by atoms with van der Waals surface area (Å²) in [5, 5.41) is 0. The molecule has 0 unspecified atom stereocenters. The van der Waals surface area contributed by atoms with E-state index in [1.54, 1.807) is 11.0 Å². The molecule has 3 nitrogen and oxygen atoms in total. The summed E-state index contributed by atoms with van der Waals surface area (Å²) >= 11 is 3.34. The summed E-state index contributed by atoms with van der Waals surface area (Å²) in [7, 11) is 0. The lowest BCUT2D eigenvalue weighted by atomic mass is 10.1. The number of anilines is 1. The Morgan fingerprint density at radius 3 is 2.86 bits per heavy atom. The number of carbonyl (C=O) groups excluding carboxylic acids is 1. The van der Waals surface area contributed by atoms with Gasteiger partial charge in [-0.3, -0.25) is 4.79 Å². The van der Waals surface area contributed by atoms with Crippen LogP contribution in [-0.2, 0) is 11.3 Å². The van der Waals surface area contributed by atoms with Gasteiger partial charge in [0.15, 0.2) is 0 Å². The second-order valence-electron chi connectivity index (χ2n) is 4.78. The molecule has 1 amide bonds. The zero-order valence-corrected chi connectivity index (χ0v) is 12.8. The van der Waals surface area contributed by atoms with Gasteiger partial charge in [-0.25, -0.2) is 4.39 Å². The zero-order chi connectivity index (χ0) is 14.8. The minimum absolute atomic E-state index is 0.00354. The highest BCUT2D eigenvalue weighted by Crippen LogP contribution is 2.33. The van der Waals surface area contributed by atoms with Gasteiger partial charge in [0.25, 0.3) is 0 Å². The summed E-state index contributed by atoms with van der Waals surface area (Å²) in [5.41, 5.74) is 1.60. The van der Waals surface area contributed by atoms with E-state index in [2.05, 4.69) is 15.9 Å². The molecule has 0 atom stereocenters. The molecule has 0 fully saturated rings. The van der Waals surface area contributed by atoms with Crippen LogP contribution < -0.4 is 9.64 Å². The Morgan fingerprint density at radius 2 is 2.05 bits per heavy atom. The molecule has 0 aromatic heterocycles. The monoisotopic (exact) mass is 349 g/mol. The number of carbonyl (C=O) groups is 1. The van der Waals surface area contributed by atoms with Crippen LogP contribution in [0.25, 0.3) is 0 Å². The first-order valence-electron chi connectivity index (χ1n) is 6.61. The molecule has 21 heavy (non-hydrogen) atoms. The first-order valence-corrected chi connectivity index (χ1v) is 7.40. The van der Waals surface area contributed by atoms with Gasteiger partial charge in [-0.2, -0.15) is 0 Å². The molecule has 3 rings (SSSR count). The Bertz CT molecular complexity index is 690. The first-order chi connectivity index (χ1) is 10.1. The Morgan fingerprint density at radius 1 is 1.24 bits per heavy atom. The van der Waals surface area contributed by atoms with Crippen LogP contribution >= 0.6 is 15.9 Å². The average molecular weight is 350 g/mol. The standard InChI is InChI=1S/C16H13BrFNO2/c17-13-9-12(18)6-5-11(13)10-19-14-3-1-2-4-15(14)21-8-7-16(19)20/h1-6,9H,7-8,10H2. The second kappa shape index (κ2) is 5.85. The highest BCUT2D eigenvalue weighted by Gasteiger charge is 2.23. The molecule has 1 aliphatic rings. The van der Waals surface area contributed by atoms with Gasteiger partial charge in [-0.1, -0.05) is 34.1 Å². The van der Waals surface area contributed by atoms with Crippen LogP contribution in [0.15, 0.2) is 46.9 Å². The molecule has 2 aromatic rings. The van der Waals surface area contributed by atoms with Crippen LogP contribution in [0.3, 0.4) is 0 Å². The third-order valence-corrected chi connectivity index (χ3v) is 4.11. The van der Waals surface area contributed by atoms with Crippen LogP contribution in [0, 0.1) is 5.82 Å². The molecule has 0 radical (unpaired) electrons. The number of halogens is 2. The lowest BCUT2D eigenvalue weighted by Gasteiger charge is -2.22. The minimum Gasteiger partial charge on any atom is -0.491 e. The van der Waals surface area contributed by atoms with Crippen molar-refractivity contribution in [3.8, 4) is 5.75 Å². The van der Waals surface area contributed by atoms with Gasteiger partial charge in [0.1, 0.15) is 11.6 Å². The van der Waals surface area contributed by atoms with E-state index in [1.807, 2.05) is 24.3 Å². The third kappa shape index (κ3) is 2.93. The van der Waals surface area contributed by atoms with E-state index < -0.39 is 0 Å². The Kier molecular flexibility index (Phi) is 3.92. The summed E-state index contributed by atoms with van der Waals surface area (Å²) in [4.78, 5) is 14.0. The molecule has 2 aromatic carbocycles. The van der Waals surface area contributed by atoms with Gasteiger partial charge in [-0.05, 0) is 29.8 Å². The van der Waals surface area contributed by atoms with Crippen LogP contribution in [0.4, 0.5) is 10.1 Å². The van der Waals surface area contributed by atoms with E-state index in [4.69, 9.17) is 4.74 Å². The highest BCUT2D eigenvalue weighted by molar-refractivity contribution is 9.10. The predicted octanol–water partition coefficient (Wildman–Crippen LogP) is 3.90. The van der Waals surface area contributed by atoms with E-state index in [-0.39, 0.29) is 11.7 Å². The van der Waals surface area contributed by atoms with Crippen LogP contribution in [-0.4, -0.2) is 12.5 Å². The maximum atomic E-state index is 13.2. The van der Waals surface area contributed by atoms with Crippen molar-refractivity contribution in [2.45, 2.75) is 13.0 Å². The highest BCUT2D eigenvalue weighted by atomic mass is 79.9. The van der Waals surface area contributed by atoms with Gasteiger partial charge < -0.3 is 9.64 Å². The van der Waals surface area contributed by atoms with Crippen molar-refractivity contribution >= 4 is 27.5 Å². The number of para-hydroxylation sites is 2. The Labute approximate surface area is 130 Å². The second-order valence-corrected chi connectivity index (χ2v) is 5.64. The van der Waals surface area contributed by atoms with Crippen molar-refractivity contribution in [1.82, 2.24) is 0 Å². The number of ether oxygens (including phenoxy) is 1. The molecule has 0 saturated heterocycles. The summed E-state index contributed by atoms with van der Waals surface area (Å²) in [6.45, 7) is 0.747. The first kappa shape index (κ1) is 14.1. The van der Waals surface area contributed by atoms with Gasteiger partial charge in [-0.15, -0.1) is 0 Å². The molecule has 0 spiro atoms. The van der Waals surface area contributed by atoms with Crippen molar-refractivity contribution < 1.29 is 13.9 Å². The predicted molar refractivity (Wildman–Crippen MR) is 81.8 cm³/mol. The fourth-order valence-electron chi connectivity index (χ4n) is 2.31. The maximum Gasteiger partial charge on any atom is 0.230 e. The van der Waals surface area contributed by atoms with Crippen LogP contribution in [0.5, 0.6) is 5.75 Å². The molecule has 1 aliphatic heterocycles. The van der Waals surface area contributed by atoms with Crippen molar-refractivity contribution in [2.75, 3.05) is 11.5 Å². The Hall–Kier alpha value is -1.88. The summed E-state index contributed by atoms with van der Waals surface area (Å²) in [5.74, 6) is 0.384. The van der Waals surface area contributed by atoms with E-state index in [0.717, 1.165) is 11.3 Å². The lowest BCUT2D eigenvalue weighted by molar-refractivity contribution is -0.118. The van der Waals surface area contributed by atoms with Gasteiger partial charge in [0, 0.05) is 4.47 Å². The number of hydrogen-bond donors (Lipinski definition) is 0. The molecule has 5 heteroatoms. The number of rotatable bonds is 2. The van der Waals surface area contributed by atoms with Crippen molar-refractivity contribution in [2.24, 2.45) is 0 Å². The number of fused-ring (bicyclic) bond motifs is 1. The molecule has 0 aliphatic carbocycles. The minimum atomic E-state index is -0.309. The van der Waals surface area contributed by atoms with Crippen molar-refractivity contribution in [1.29, 1.82) is 0 Å². The average Bonchev–Trinajstić information content (AvgIpc) is 2.62. The van der Waals surface area contributed by atoms with Crippen molar-refractivity contribution in [3.63, 3.8) is 0 Å². The quantitative estimate of drug-likeness (QED) is 0.822. The van der Waals surface area contributed by atoms with Crippen molar-refractivity contribution in [3.05, 3.63) is 58.3 Å². The molecular weight excluding hydrogens is 337 g/mol. The fourth-order valence-corrected chi connectivity index (χ4v) is 2.79. The molecular formula is C16H13BrFNO2. The molecule has 108 valence electrons. The van der Waals surface area contributed by atoms with Gasteiger partial charge >= 0.3 is 0 Å². The topological polar surface area (TPSA) is 29.5 Å². The number of hydrogen-bond acceptors (Lipinski definition) is 2. The van der Waals surface area contributed by atoms with E-state index in [9.17, 15) is 9.18 Å². The van der Waals surface area contributed by atoms with E-state index in [0.29, 0.717) is 29.8 Å². The van der Waals surface area contributed by atoms with Crippen LogP contribution in [0.2, 0.25) is 0 Å². The zero-order valence-electron chi connectivity index (χ0n) is 11.2. The van der Waals surface area contributed by atoms with Crippen LogP contribution in [0.1, 0.15) is 12.0 Å². The lowest BCUT2D eigenvalue weighted by Crippen LogP contribution is -2.29. The molecule has 0 saturated carbocycles. The SMILES string of the molecule is O=C1CCOc2ccccc2N1Cc1ccc(F)cc1Br. The van der Waals surface area contributed by atoms with Gasteiger partial charge in [0.05, 0.1) is 25.3 Å². The Balaban J connectivity index is 1.98. The largest absolute Gasteiger partial charge is 0.491 e. The number of benzene rings is 2.